The maximum Gasteiger partial charge on any atom is 0.405 e. The molecule has 0 atom stereocenters. The second kappa shape index (κ2) is 6.29. The number of alkyl halides is 3. The van der Waals surface area contributed by atoms with Crippen LogP contribution in [0.15, 0.2) is 42.6 Å². The van der Waals surface area contributed by atoms with E-state index in [0.29, 0.717) is 5.69 Å². The zero-order valence-corrected chi connectivity index (χ0v) is 11.1. The Labute approximate surface area is 123 Å². The van der Waals surface area contributed by atoms with Gasteiger partial charge >= 0.3 is 6.18 Å². The number of benzene rings is 1. The topological polar surface area (TPSA) is 80.1 Å². The van der Waals surface area contributed by atoms with E-state index in [0.717, 1.165) is 0 Å². The minimum Gasteiger partial charge on any atom is -0.361 e. The summed E-state index contributed by atoms with van der Waals surface area (Å²) in [6, 6.07) is 8.85. The van der Waals surface area contributed by atoms with E-state index < -0.39 is 17.6 Å². The predicted octanol–water partition coefficient (Wildman–Crippen LogP) is 3.71. The van der Waals surface area contributed by atoms with Crippen molar-refractivity contribution >= 4 is 22.9 Å². The van der Waals surface area contributed by atoms with E-state index in [1.807, 2.05) is 0 Å². The van der Waals surface area contributed by atoms with Crippen molar-refractivity contribution in [1.29, 1.82) is 0 Å². The quantitative estimate of drug-likeness (QED) is 0.650. The normalized spacial score (nSPS) is 11.0. The molecule has 1 aromatic heterocycles. The van der Waals surface area contributed by atoms with Crippen molar-refractivity contribution in [2.75, 3.05) is 17.2 Å². The van der Waals surface area contributed by atoms with Crippen molar-refractivity contribution in [2.45, 2.75) is 6.18 Å². The number of rotatable bonds is 5. The monoisotopic (exact) mass is 312 g/mol. The molecular formula is C13H11F3N4O2. The fourth-order valence-electron chi connectivity index (χ4n) is 1.66. The van der Waals surface area contributed by atoms with Gasteiger partial charge in [-0.25, -0.2) is 4.98 Å². The number of nitro benzene ring substituents is 1. The lowest BCUT2D eigenvalue weighted by molar-refractivity contribution is -0.383. The van der Waals surface area contributed by atoms with Gasteiger partial charge in [-0.1, -0.05) is 12.1 Å². The minimum absolute atomic E-state index is 0.0606. The summed E-state index contributed by atoms with van der Waals surface area (Å²) in [5.74, 6) is 0.0606. The molecule has 0 aliphatic heterocycles. The number of halogens is 3. The summed E-state index contributed by atoms with van der Waals surface area (Å²) in [5.41, 5.74) is 0.582. The third-order valence-corrected chi connectivity index (χ3v) is 2.61. The highest BCUT2D eigenvalue weighted by atomic mass is 19.4. The summed E-state index contributed by atoms with van der Waals surface area (Å²) in [6.07, 6.45) is -3.04. The van der Waals surface area contributed by atoms with Gasteiger partial charge in [0.05, 0.1) is 16.8 Å². The molecule has 1 aromatic carbocycles. The molecule has 22 heavy (non-hydrogen) atoms. The number of nitrogens with one attached hydrogen (secondary N) is 2. The average Bonchev–Trinajstić information content (AvgIpc) is 2.46. The van der Waals surface area contributed by atoms with Gasteiger partial charge in [0.2, 0.25) is 0 Å². The lowest BCUT2D eigenvalue weighted by Crippen LogP contribution is -2.21. The van der Waals surface area contributed by atoms with Crippen LogP contribution in [0.1, 0.15) is 0 Å². The van der Waals surface area contributed by atoms with Crippen molar-refractivity contribution in [3.63, 3.8) is 0 Å². The first-order valence-corrected chi connectivity index (χ1v) is 6.12. The molecule has 6 nitrogen and oxygen atoms in total. The number of hydrogen-bond donors (Lipinski definition) is 2. The number of hydrogen-bond acceptors (Lipinski definition) is 5. The Kier molecular flexibility index (Phi) is 4.44. The molecule has 0 spiro atoms. The van der Waals surface area contributed by atoms with Gasteiger partial charge in [0.15, 0.2) is 0 Å². The zero-order chi connectivity index (χ0) is 16.2. The minimum atomic E-state index is -4.33. The van der Waals surface area contributed by atoms with Crippen LogP contribution in [0, 0.1) is 10.1 Å². The fourth-order valence-corrected chi connectivity index (χ4v) is 1.66. The van der Waals surface area contributed by atoms with Crippen molar-refractivity contribution in [1.82, 2.24) is 4.98 Å². The van der Waals surface area contributed by atoms with Crippen LogP contribution in [0.5, 0.6) is 0 Å². The van der Waals surface area contributed by atoms with E-state index in [1.54, 1.807) is 6.07 Å². The summed E-state index contributed by atoms with van der Waals surface area (Å²) in [5, 5.41) is 15.8. The second-order valence-electron chi connectivity index (χ2n) is 4.30. The van der Waals surface area contributed by atoms with Gasteiger partial charge in [0, 0.05) is 6.07 Å². The highest BCUT2D eigenvalue weighted by Crippen LogP contribution is 2.27. The summed E-state index contributed by atoms with van der Waals surface area (Å²) in [6.45, 7) is -1.18. The number of anilines is 3. The Balaban J connectivity index is 2.07. The Bertz CT molecular complexity index is 659. The molecule has 2 aromatic rings. The van der Waals surface area contributed by atoms with Crippen LogP contribution in [-0.4, -0.2) is 22.6 Å². The Morgan fingerprint density at radius 2 is 1.91 bits per heavy atom. The molecule has 0 saturated carbocycles. The van der Waals surface area contributed by atoms with Crippen LogP contribution in [0.3, 0.4) is 0 Å². The SMILES string of the molecule is O=[N+]([O-])c1ccccc1Nc1ccc(NCC(F)(F)F)nc1. The highest BCUT2D eigenvalue weighted by molar-refractivity contribution is 5.69. The van der Waals surface area contributed by atoms with Gasteiger partial charge in [0.1, 0.15) is 18.1 Å². The maximum atomic E-state index is 12.1. The third kappa shape index (κ3) is 4.33. The molecule has 2 rings (SSSR count). The summed E-state index contributed by atoms with van der Waals surface area (Å²) >= 11 is 0. The molecule has 0 amide bonds. The number of para-hydroxylation sites is 2. The van der Waals surface area contributed by atoms with Crippen LogP contribution in [-0.2, 0) is 0 Å². The van der Waals surface area contributed by atoms with Gasteiger partial charge in [-0.2, -0.15) is 13.2 Å². The lowest BCUT2D eigenvalue weighted by atomic mass is 10.2. The van der Waals surface area contributed by atoms with Crippen molar-refractivity contribution in [3.8, 4) is 0 Å². The molecule has 116 valence electrons. The van der Waals surface area contributed by atoms with E-state index in [-0.39, 0.29) is 17.2 Å². The lowest BCUT2D eigenvalue weighted by Gasteiger charge is -2.10. The number of nitrogens with zero attached hydrogens (tertiary/aromatic N) is 2. The summed E-state index contributed by atoms with van der Waals surface area (Å²) < 4.78 is 36.2. The van der Waals surface area contributed by atoms with Crippen LogP contribution in [0.25, 0.3) is 0 Å². The average molecular weight is 312 g/mol. The molecule has 0 radical (unpaired) electrons. The van der Waals surface area contributed by atoms with E-state index in [4.69, 9.17) is 0 Å². The Morgan fingerprint density at radius 3 is 2.50 bits per heavy atom. The van der Waals surface area contributed by atoms with Crippen LogP contribution in [0.2, 0.25) is 0 Å². The predicted molar refractivity (Wildman–Crippen MR) is 75.2 cm³/mol. The number of aromatic nitrogens is 1. The van der Waals surface area contributed by atoms with Gasteiger partial charge in [-0.15, -0.1) is 0 Å². The van der Waals surface area contributed by atoms with E-state index >= 15 is 0 Å². The van der Waals surface area contributed by atoms with Gasteiger partial charge < -0.3 is 10.6 Å². The second-order valence-corrected chi connectivity index (χ2v) is 4.30. The molecule has 0 unspecified atom stereocenters. The van der Waals surface area contributed by atoms with Crippen LogP contribution in [0.4, 0.5) is 36.1 Å². The van der Waals surface area contributed by atoms with Crippen LogP contribution < -0.4 is 10.6 Å². The maximum absolute atomic E-state index is 12.1. The largest absolute Gasteiger partial charge is 0.405 e. The molecule has 0 aliphatic rings. The standard InChI is InChI=1S/C13H11F3N4O2/c14-13(15,16)8-18-12-6-5-9(7-17-12)19-10-3-1-2-4-11(10)20(21)22/h1-7,19H,8H2,(H,17,18). The molecule has 2 N–H and O–H groups in total. The Morgan fingerprint density at radius 1 is 1.18 bits per heavy atom. The molecule has 1 heterocycles. The molecule has 9 heteroatoms. The van der Waals surface area contributed by atoms with E-state index in [1.165, 1.54) is 36.5 Å². The first-order chi connectivity index (χ1) is 10.3. The molecule has 0 fully saturated rings. The Hall–Kier alpha value is -2.84. The van der Waals surface area contributed by atoms with E-state index in [9.17, 15) is 23.3 Å². The summed E-state index contributed by atoms with van der Waals surface area (Å²) in [4.78, 5) is 14.2. The van der Waals surface area contributed by atoms with Crippen molar-refractivity contribution < 1.29 is 18.1 Å². The van der Waals surface area contributed by atoms with Crippen LogP contribution >= 0.6 is 0 Å². The first kappa shape index (κ1) is 15.5. The van der Waals surface area contributed by atoms with Crippen molar-refractivity contribution in [2.24, 2.45) is 0 Å². The van der Waals surface area contributed by atoms with E-state index in [2.05, 4.69) is 15.6 Å². The van der Waals surface area contributed by atoms with Gasteiger partial charge in [-0.05, 0) is 18.2 Å². The molecular weight excluding hydrogens is 301 g/mol. The summed E-state index contributed by atoms with van der Waals surface area (Å²) in [7, 11) is 0. The fraction of sp³-hybridized carbons (Fsp3) is 0.154. The zero-order valence-electron chi connectivity index (χ0n) is 11.1. The molecule has 0 bridgehead atoms. The number of nitro groups is 1. The smallest absolute Gasteiger partial charge is 0.361 e. The molecule has 0 aliphatic carbocycles. The highest BCUT2D eigenvalue weighted by Gasteiger charge is 2.26. The number of pyridine rings is 1. The third-order valence-electron chi connectivity index (χ3n) is 2.61. The molecule has 0 saturated heterocycles. The van der Waals surface area contributed by atoms with Gasteiger partial charge in [-0.3, -0.25) is 10.1 Å². The van der Waals surface area contributed by atoms with Gasteiger partial charge in [0.25, 0.3) is 5.69 Å². The van der Waals surface area contributed by atoms with Crippen molar-refractivity contribution in [3.05, 3.63) is 52.7 Å². The first-order valence-electron chi connectivity index (χ1n) is 6.12.